The third kappa shape index (κ3) is 4.73. The number of hydrogen-bond donors (Lipinski definition) is 3. The first kappa shape index (κ1) is 23.3. The Hall–Kier alpha value is -3.45. The summed E-state index contributed by atoms with van der Waals surface area (Å²) >= 11 is 0. The second kappa shape index (κ2) is 10.4. The maximum Gasteiger partial charge on any atom is 0.159 e. The number of nitrogens with one attached hydrogen (secondary N) is 3. The van der Waals surface area contributed by atoms with Gasteiger partial charge in [-0.05, 0) is 68.6 Å². The number of rotatable bonds is 5. The first-order chi connectivity index (χ1) is 17.2. The van der Waals surface area contributed by atoms with E-state index in [0.29, 0.717) is 5.92 Å². The molecular weight excluding hydrogens is 434 g/mol. The average Bonchev–Trinajstić information content (AvgIpc) is 3.64. The zero-order valence-electron chi connectivity index (χ0n) is 20.9. The van der Waals surface area contributed by atoms with Crippen molar-refractivity contribution in [3.05, 3.63) is 58.4 Å². The van der Waals surface area contributed by atoms with Crippen LogP contribution in [0.4, 0.5) is 5.69 Å². The summed E-state index contributed by atoms with van der Waals surface area (Å²) in [5, 5.41) is 13.1. The largest absolute Gasteiger partial charge is 0.370 e. The van der Waals surface area contributed by atoms with Gasteiger partial charge < -0.3 is 15.2 Å². The SMILES string of the molecule is CCNCC.Cc1ccncc1C1C=c2c(-c3nc4c(N5CCCC5)cccc4[nH]3)n[nH]c2=CC1. The van der Waals surface area contributed by atoms with Crippen LogP contribution in [0.25, 0.3) is 34.7 Å². The molecule has 3 N–H and O–H groups in total. The third-order valence-electron chi connectivity index (χ3n) is 6.92. The van der Waals surface area contributed by atoms with E-state index in [1.165, 1.54) is 29.7 Å². The molecule has 1 unspecified atom stereocenters. The minimum atomic E-state index is 0.298. The fraction of sp³-hybridized carbons (Fsp3) is 0.393. The molecule has 4 heterocycles. The van der Waals surface area contributed by atoms with Gasteiger partial charge in [-0.25, -0.2) is 4.98 Å². The summed E-state index contributed by atoms with van der Waals surface area (Å²) in [6.07, 6.45) is 11.8. The maximum absolute atomic E-state index is 5.00. The zero-order chi connectivity index (χ0) is 24.2. The van der Waals surface area contributed by atoms with Crippen molar-refractivity contribution in [3.8, 4) is 11.5 Å². The van der Waals surface area contributed by atoms with Gasteiger partial charge >= 0.3 is 0 Å². The molecule has 3 aromatic heterocycles. The lowest BCUT2D eigenvalue weighted by Crippen LogP contribution is -2.28. The molecule has 0 amide bonds. The van der Waals surface area contributed by atoms with Crippen molar-refractivity contribution >= 4 is 28.9 Å². The van der Waals surface area contributed by atoms with E-state index in [1.54, 1.807) is 0 Å². The fourth-order valence-corrected chi connectivity index (χ4v) is 5.06. The standard InChI is InChI=1S/C24H24N6.C4H11N/c1-15-9-10-25-14-18(15)16-7-8-19-17(13-16)22(29-28-19)24-26-20-5-4-6-21(23(20)27-24)30-11-2-3-12-30;1-3-5-4-2/h4-6,8-10,13-14,16,28H,2-3,7,11-12H2,1H3,(H,26,27);5H,3-4H2,1-2H3. The first-order valence-electron chi connectivity index (χ1n) is 12.8. The number of H-pyrrole nitrogens is 2. The Labute approximate surface area is 206 Å². The van der Waals surface area contributed by atoms with Gasteiger partial charge in [-0.15, -0.1) is 0 Å². The molecular formula is C28H35N7. The van der Waals surface area contributed by atoms with Gasteiger partial charge in [0, 0.05) is 36.6 Å². The van der Waals surface area contributed by atoms with E-state index in [-0.39, 0.29) is 0 Å². The van der Waals surface area contributed by atoms with Crippen LogP contribution >= 0.6 is 0 Å². The number of nitrogens with zero attached hydrogens (tertiary/aromatic N) is 4. The summed E-state index contributed by atoms with van der Waals surface area (Å²) < 4.78 is 0. The molecule has 1 aromatic carbocycles. The summed E-state index contributed by atoms with van der Waals surface area (Å²) in [5.41, 5.74) is 6.74. The van der Waals surface area contributed by atoms with Crippen molar-refractivity contribution < 1.29 is 0 Å². The Morgan fingerprint density at radius 3 is 2.69 bits per heavy atom. The van der Waals surface area contributed by atoms with Crippen LogP contribution in [0.2, 0.25) is 0 Å². The number of anilines is 1. The lowest BCUT2D eigenvalue weighted by molar-refractivity contribution is 0.762. The molecule has 1 atom stereocenters. The number of aromatic amines is 2. The molecule has 1 aliphatic carbocycles. The van der Waals surface area contributed by atoms with Crippen LogP contribution < -0.4 is 20.8 Å². The van der Waals surface area contributed by atoms with E-state index in [2.05, 4.69) is 87.6 Å². The Morgan fingerprint density at radius 1 is 1.11 bits per heavy atom. The van der Waals surface area contributed by atoms with Crippen molar-refractivity contribution in [3.63, 3.8) is 0 Å². The quantitative estimate of drug-likeness (QED) is 0.416. The molecule has 1 saturated heterocycles. The van der Waals surface area contributed by atoms with Gasteiger partial charge in [-0.2, -0.15) is 5.10 Å². The summed E-state index contributed by atoms with van der Waals surface area (Å²) in [5.74, 6) is 1.12. The molecule has 182 valence electrons. The lowest BCUT2D eigenvalue weighted by atomic mass is 9.90. The van der Waals surface area contributed by atoms with Crippen molar-refractivity contribution in [2.24, 2.45) is 0 Å². The highest BCUT2D eigenvalue weighted by molar-refractivity contribution is 5.91. The molecule has 0 spiro atoms. The van der Waals surface area contributed by atoms with E-state index in [9.17, 15) is 0 Å². The van der Waals surface area contributed by atoms with Crippen LogP contribution in [0.3, 0.4) is 0 Å². The second-order valence-electron chi connectivity index (χ2n) is 9.25. The molecule has 7 heteroatoms. The number of hydrogen-bond acceptors (Lipinski definition) is 5. The van der Waals surface area contributed by atoms with E-state index < -0.39 is 0 Å². The number of pyridine rings is 1. The number of benzene rings is 1. The Morgan fingerprint density at radius 2 is 1.94 bits per heavy atom. The van der Waals surface area contributed by atoms with E-state index in [0.717, 1.165) is 65.7 Å². The second-order valence-corrected chi connectivity index (χ2v) is 9.25. The summed E-state index contributed by atoms with van der Waals surface area (Å²) in [6.45, 7) is 10.7. The van der Waals surface area contributed by atoms with Gasteiger partial charge in [0.1, 0.15) is 11.2 Å². The number of aryl methyl sites for hydroxylation is 1. The van der Waals surface area contributed by atoms with Crippen LogP contribution in [-0.4, -0.2) is 51.3 Å². The van der Waals surface area contributed by atoms with Crippen molar-refractivity contribution in [1.29, 1.82) is 0 Å². The fourth-order valence-electron chi connectivity index (χ4n) is 5.06. The lowest BCUT2D eigenvalue weighted by Gasteiger charge is -2.17. The molecule has 0 bridgehead atoms. The monoisotopic (exact) mass is 469 g/mol. The number of para-hydroxylation sites is 1. The van der Waals surface area contributed by atoms with Gasteiger partial charge in [-0.1, -0.05) is 32.1 Å². The molecule has 35 heavy (non-hydrogen) atoms. The minimum absolute atomic E-state index is 0.298. The van der Waals surface area contributed by atoms with Gasteiger partial charge in [-0.3, -0.25) is 10.1 Å². The first-order valence-corrected chi connectivity index (χ1v) is 12.8. The Kier molecular flexibility index (Phi) is 6.95. The normalized spacial score (nSPS) is 16.9. The zero-order valence-corrected chi connectivity index (χ0v) is 20.9. The van der Waals surface area contributed by atoms with E-state index >= 15 is 0 Å². The van der Waals surface area contributed by atoms with Crippen LogP contribution in [0, 0.1) is 6.92 Å². The van der Waals surface area contributed by atoms with Crippen molar-refractivity contribution in [1.82, 2.24) is 30.5 Å². The molecule has 1 fully saturated rings. The Bertz CT molecular complexity index is 1410. The highest BCUT2D eigenvalue weighted by atomic mass is 15.2. The van der Waals surface area contributed by atoms with Crippen LogP contribution in [0.5, 0.6) is 0 Å². The average molecular weight is 470 g/mol. The summed E-state index contributed by atoms with van der Waals surface area (Å²) in [7, 11) is 0. The number of fused-ring (bicyclic) bond motifs is 2. The van der Waals surface area contributed by atoms with Crippen LogP contribution in [0.15, 0.2) is 36.7 Å². The van der Waals surface area contributed by atoms with Crippen LogP contribution in [0.1, 0.15) is 50.2 Å². The molecule has 0 radical (unpaired) electrons. The van der Waals surface area contributed by atoms with Gasteiger partial charge in [0.2, 0.25) is 0 Å². The molecule has 4 aromatic rings. The minimum Gasteiger partial charge on any atom is -0.370 e. The molecule has 1 aliphatic heterocycles. The Balaban J connectivity index is 0.000000464. The molecule has 2 aliphatic rings. The van der Waals surface area contributed by atoms with Crippen molar-refractivity contribution in [2.45, 2.75) is 46.0 Å². The van der Waals surface area contributed by atoms with Gasteiger partial charge in [0.25, 0.3) is 0 Å². The molecule has 7 nitrogen and oxygen atoms in total. The van der Waals surface area contributed by atoms with Gasteiger partial charge in [0.05, 0.1) is 16.6 Å². The molecule has 6 rings (SSSR count). The highest BCUT2D eigenvalue weighted by Gasteiger charge is 2.20. The third-order valence-corrected chi connectivity index (χ3v) is 6.92. The van der Waals surface area contributed by atoms with Crippen molar-refractivity contribution in [2.75, 3.05) is 31.1 Å². The predicted octanol–water partition coefficient (Wildman–Crippen LogP) is 3.62. The number of imidazole rings is 1. The molecule has 0 saturated carbocycles. The van der Waals surface area contributed by atoms with E-state index in [4.69, 9.17) is 4.98 Å². The maximum atomic E-state index is 5.00. The summed E-state index contributed by atoms with van der Waals surface area (Å²) in [6, 6.07) is 8.47. The smallest absolute Gasteiger partial charge is 0.159 e. The summed E-state index contributed by atoms with van der Waals surface area (Å²) in [4.78, 5) is 15.3. The van der Waals surface area contributed by atoms with Gasteiger partial charge in [0.15, 0.2) is 5.82 Å². The predicted molar refractivity (Wildman–Crippen MR) is 144 cm³/mol. The topological polar surface area (TPSA) is 85.5 Å². The van der Waals surface area contributed by atoms with E-state index in [1.807, 2.05) is 12.4 Å². The highest BCUT2D eigenvalue weighted by Crippen LogP contribution is 2.30. The number of aromatic nitrogens is 5. The van der Waals surface area contributed by atoms with Crippen LogP contribution in [-0.2, 0) is 0 Å².